The maximum atomic E-state index is 12.5. The number of aromatic nitrogens is 6. The van der Waals surface area contributed by atoms with Gasteiger partial charge in [-0.2, -0.15) is 0 Å². The minimum Gasteiger partial charge on any atom is -0.367 e. The van der Waals surface area contributed by atoms with Crippen molar-refractivity contribution in [3.05, 3.63) is 120 Å². The van der Waals surface area contributed by atoms with E-state index in [0.717, 1.165) is 72.5 Å². The number of fused-ring (bicyclic) bond motifs is 2. The molecular weight excluding hydrogens is 901 g/mol. The highest BCUT2D eigenvalue weighted by Gasteiger charge is 2.29. The number of benzene rings is 3. The summed E-state index contributed by atoms with van der Waals surface area (Å²) in [6.07, 6.45) is 10.9. The maximum absolute atomic E-state index is 12.5. The van der Waals surface area contributed by atoms with Gasteiger partial charge in [0.05, 0.1) is 33.6 Å². The van der Waals surface area contributed by atoms with Gasteiger partial charge in [-0.1, -0.05) is 76.1 Å². The zero-order valence-electron chi connectivity index (χ0n) is 35.4. The molecule has 0 saturated heterocycles. The SMILES string of the molecule is CC(C)CNc1nc(Br)cn2c(-c3ccc(S(=O)(=O)NC4CC4)cc3)cnc12.CC(C)CNc1nc(C#Cc2ccccc2)cn2c(-c3ccc(S(=O)(=O)NC4CC4)cc3)cnc12. The van der Waals surface area contributed by atoms with Crippen molar-refractivity contribution in [2.24, 2.45) is 11.8 Å². The molecule has 63 heavy (non-hydrogen) atoms. The Hall–Kier alpha value is -5.64. The molecule has 0 aliphatic heterocycles. The van der Waals surface area contributed by atoms with Crippen LogP contribution in [0.5, 0.6) is 0 Å². The van der Waals surface area contributed by atoms with Gasteiger partial charge in [-0.25, -0.2) is 46.2 Å². The molecule has 2 aliphatic rings. The Morgan fingerprint density at radius 1 is 0.635 bits per heavy atom. The van der Waals surface area contributed by atoms with Crippen LogP contribution >= 0.6 is 15.9 Å². The summed E-state index contributed by atoms with van der Waals surface area (Å²) in [5, 5.41) is 6.73. The molecule has 4 N–H and O–H groups in total. The molecule has 0 radical (unpaired) electrons. The summed E-state index contributed by atoms with van der Waals surface area (Å²) in [7, 11) is -6.95. The van der Waals surface area contributed by atoms with Crippen LogP contribution in [0.2, 0.25) is 0 Å². The largest absolute Gasteiger partial charge is 0.367 e. The normalized spacial score (nSPS) is 14.1. The van der Waals surface area contributed by atoms with E-state index in [9.17, 15) is 16.8 Å². The van der Waals surface area contributed by atoms with E-state index in [0.29, 0.717) is 39.4 Å². The van der Waals surface area contributed by atoms with Gasteiger partial charge in [0, 0.05) is 54.3 Å². The molecule has 0 bridgehead atoms. The van der Waals surface area contributed by atoms with Crippen LogP contribution in [0.15, 0.2) is 118 Å². The molecule has 2 fully saturated rings. The fraction of sp³-hybridized carbons (Fsp3) is 0.304. The van der Waals surface area contributed by atoms with E-state index in [1.807, 2.05) is 63.7 Å². The molecule has 3 aromatic carbocycles. The van der Waals surface area contributed by atoms with Crippen molar-refractivity contribution in [1.82, 2.24) is 38.2 Å². The van der Waals surface area contributed by atoms with Crippen LogP contribution in [0.25, 0.3) is 33.8 Å². The zero-order chi connectivity index (χ0) is 44.3. The van der Waals surface area contributed by atoms with E-state index in [4.69, 9.17) is 4.98 Å². The third-order valence-corrected chi connectivity index (χ3v) is 13.6. The second kappa shape index (κ2) is 18.6. The highest BCUT2D eigenvalue weighted by Crippen LogP contribution is 2.29. The zero-order valence-corrected chi connectivity index (χ0v) is 38.6. The summed E-state index contributed by atoms with van der Waals surface area (Å²) < 4.78 is 59.8. The first-order valence-electron chi connectivity index (χ1n) is 20.9. The molecule has 4 aromatic heterocycles. The summed E-state index contributed by atoms with van der Waals surface area (Å²) in [4.78, 5) is 18.9. The second-order valence-electron chi connectivity index (χ2n) is 16.6. The van der Waals surface area contributed by atoms with Crippen molar-refractivity contribution in [2.45, 2.75) is 75.3 Å². The Morgan fingerprint density at radius 2 is 1.10 bits per heavy atom. The van der Waals surface area contributed by atoms with E-state index >= 15 is 0 Å². The van der Waals surface area contributed by atoms with Crippen LogP contribution in [0.3, 0.4) is 0 Å². The summed E-state index contributed by atoms with van der Waals surface area (Å²) >= 11 is 3.46. The molecule has 0 atom stereocenters. The van der Waals surface area contributed by atoms with Crippen LogP contribution in [-0.4, -0.2) is 70.7 Å². The van der Waals surface area contributed by atoms with Crippen molar-refractivity contribution >= 4 is 58.9 Å². The van der Waals surface area contributed by atoms with E-state index in [2.05, 4.69) is 90.5 Å². The molecule has 14 nitrogen and oxygen atoms in total. The minimum absolute atomic E-state index is 0.0677. The third kappa shape index (κ3) is 10.9. The molecule has 4 heterocycles. The summed E-state index contributed by atoms with van der Waals surface area (Å²) in [6.45, 7) is 10.1. The standard InChI is InChI=1S/C27H27N5O2S.C19H22BrN5O2S/c1-19(2)16-28-26-27-29-17-25(21-9-14-24(15-10-21)35(33,34)31-22-12-13-22)32(27)18-23(30-26)11-8-20-6-4-3-5-7-20;1-12(2)9-21-18-19-22-10-16(25(19)11-17(20)23-18)13-3-7-15(8-4-13)28(26,27)24-14-5-6-14/h3-7,9-10,14-15,17-19,22,31H,12-13,16H2,1-2H3,(H,28,30);3-4,7-8,10-12,14,24H,5-6,9H2,1-2H3,(H,21,23). The van der Waals surface area contributed by atoms with Crippen LogP contribution in [-0.2, 0) is 20.0 Å². The minimum atomic E-state index is -3.50. The number of nitrogens with one attached hydrogen (secondary N) is 4. The average Bonchev–Trinajstić information content (AvgIpc) is 4.17. The molecule has 2 saturated carbocycles. The molecule has 326 valence electrons. The van der Waals surface area contributed by atoms with Gasteiger partial charge in [0.1, 0.15) is 10.3 Å². The molecule has 0 unspecified atom stereocenters. The first-order valence-corrected chi connectivity index (χ1v) is 24.7. The lowest BCUT2D eigenvalue weighted by atomic mass is 10.2. The topological polar surface area (TPSA) is 177 Å². The second-order valence-corrected chi connectivity index (χ2v) is 20.8. The van der Waals surface area contributed by atoms with Gasteiger partial charge in [-0.3, -0.25) is 8.80 Å². The number of rotatable bonds is 14. The number of sulfonamides is 2. The monoisotopic (exact) mass is 948 g/mol. The predicted molar refractivity (Wildman–Crippen MR) is 250 cm³/mol. The number of anilines is 2. The van der Waals surface area contributed by atoms with Crippen LogP contribution in [0.1, 0.15) is 64.6 Å². The molecular formula is C46H49BrN10O4S2. The first-order chi connectivity index (χ1) is 30.2. The van der Waals surface area contributed by atoms with Gasteiger partial charge in [-0.05, 0) is 95.8 Å². The lowest BCUT2D eigenvalue weighted by molar-refractivity contribution is 0.579. The smallest absolute Gasteiger partial charge is 0.240 e. The van der Waals surface area contributed by atoms with Crippen molar-refractivity contribution in [3.8, 4) is 34.4 Å². The maximum Gasteiger partial charge on any atom is 0.240 e. The fourth-order valence-electron chi connectivity index (χ4n) is 6.52. The molecule has 0 spiro atoms. The summed E-state index contributed by atoms with van der Waals surface area (Å²) in [6, 6.07) is 23.7. The number of hydrogen-bond acceptors (Lipinski definition) is 10. The first kappa shape index (κ1) is 44.0. The Kier molecular flexibility index (Phi) is 13.0. The van der Waals surface area contributed by atoms with Crippen molar-refractivity contribution in [3.63, 3.8) is 0 Å². The van der Waals surface area contributed by atoms with Gasteiger partial charge >= 0.3 is 0 Å². The van der Waals surface area contributed by atoms with Gasteiger partial charge in [-0.15, -0.1) is 0 Å². The Labute approximate surface area is 376 Å². The van der Waals surface area contributed by atoms with E-state index in [1.54, 1.807) is 48.8 Å². The van der Waals surface area contributed by atoms with Gasteiger partial charge in [0.25, 0.3) is 0 Å². The molecule has 0 amide bonds. The lowest BCUT2D eigenvalue weighted by Gasteiger charge is -2.11. The highest BCUT2D eigenvalue weighted by molar-refractivity contribution is 9.10. The molecule has 7 aromatic rings. The molecule has 17 heteroatoms. The Bertz CT molecular complexity index is 3030. The van der Waals surface area contributed by atoms with Crippen molar-refractivity contribution < 1.29 is 16.8 Å². The molecule has 9 rings (SSSR count). The molecule has 2 aliphatic carbocycles. The van der Waals surface area contributed by atoms with Gasteiger partial charge in [0.2, 0.25) is 20.0 Å². The van der Waals surface area contributed by atoms with Crippen LogP contribution < -0.4 is 20.1 Å². The Morgan fingerprint density at radius 3 is 1.56 bits per heavy atom. The number of nitrogens with zero attached hydrogens (tertiary/aromatic N) is 6. The number of halogens is 1. The van der Waals surface area contributed by atoms with Gasteiger partial charge in [0.15, 0.2) is 22.9 Å². The average molecular weight is 950 g/mol. The summed E-state index contributed by atoms with van der Waals surface area (Å²) in [5.41, 5.74) is 6.37. The Balaban J connectivity index is 0.000000177. The van der Waals surface area contributed by atoms with Gasteiger partial charge < -0.3 is 10.6 Å². The van der Waals surface area contributed by atoms with Crippen LogP contribution in [0, 0.1) is 23.7 Å². The number of hydrogen-bond donors (Lipinski definition) is 4. The number of imidazole rings is 2. The quantitative estimate of drug-likeness (QED) is 0.0783. The van der Waals surface area contributed by atoms with Crippen LogP contribution in [0.4, 0.5) is 11.6 Å². The fourth-order valence-corrected chi connectivity index (χ4v) is 9.51. The predicted octanol–water partition coefficient (Wildman–Crippen LogP) is 7.97. The third-order valence-electron chi connectivity index (χ3n) is 10.1. The lowest BCUT2D eigenvalue weighted by Crippen LogP contribution is -2.25. The van der Waals surface area contributed by atoms with Crippen molar-refractivity contribution in [1.29, 1.82) is 0 Å². The summed E-state index contributed by atoms with van der Waals surface area (Å²) in [5.74, 6) is 8.62. The van der Waals surface area contributed by atoms with Crippen molar-refractivity contribution in [2.75, 3.05) is 23.7 Å². The highest BCUT2D eigenvalue weighted by atomic mass is 79.9. The van der Waals surface area contributed by atoms with E-state index in [-0.39, 0.29) is 21.9 Å². The van der Waals surface area contributed by atoms with E-state index in [1.165, 1.54) is 0 Å². The van der Waals surface area contributed by atoms with E-state index < -0.39 is 20.0 Å².